The molecule has 0 saturated carbocycles. The average molecular weight is 430 g/mol. The number of nitrogens with one attached hydrogen (secondary N) is 1. The highest BCUT2D eigenvalue weighted by Crippen LogP contribution is 2.27. The van der Waals surface area contributed by atoms with Crippen molar-refractivity contribution in [3.05, 3.63) is 31.3 Å². The molecule has 0 fully saturated rings. The Hall–Kier alpha value is -0.530. The van der Waals surface area contributed by atoms with Crippen molar-refractivity contribution in [2.24, 2.45) is 5.92 Å². The molecule has 0 aliphatic carbocycles. The van der Waals surface area contributed by atoms with Crippen LogP contribution in [0, 0.1) is 9.49 Å². The summed E-state index contributed by atoms with van der Waals surface area (Å²) in [6.45, 7) is 3.64. The van der Waals surface area contributed by atoms with Crippen molar-refractivity contribution in [2.75, 3.05) is 0 Å². The number of carboxylic acid groups (broad SMARTS) is 1. The van der Waals surface area contributed by atoms with Gasteiger partial charge in [0.05, 0.1) is 10.6 Å². The van der Waals surface area contributed by atoms with E-state index in [1.807, 2.05) is 29.5 Å². The van der Waals surface area contributed by atoms with E-state index in [9.17, 15) is 14.7 Å². The van der Waals surface area contributed by atoms with Gasteiger partial charge in [0.2, 0.25) is 0 Å². The van der Waals surface area contributed by atoms with Crippen molar-refractivity contribution < 1.29 is 14.7 Å². The minimum Gasteiger partial charge on any atom is -0.480 e. The van der Waals surface area contributed by atoms with Gasteiger partial charge in [-0.05, 0) is 40.6 Å². The van der Waals surface area contributed by atoms with Crippen molar-refractivity contribution in [1.82, 2.24) is 5.32 Å². The lowest BCUT2D eigenvalue weighted by Gasteiger charge is -2.20. The lowest BCUT2D eigenvalue weighted by atomic mass is 9.99. The number of rotatable bonds is 5. The molecule has 110 valence electrons. The van der Waals surface area contributed by atoms with Crippen LogP contribution in [0.25, 0.3) is 0 Å². The van der Waals surface area contributed by atoms with Crippen LogP contribution < -0.4 is 5.32 Å². The highest BCUT2D eigenvalue weighted by Gasteiger charge is 2.26. The number of carboxylic acids is 1. The summed E-state index contributed by atoms with van der Waals surface area (Å²) < 4.78 is 0.541. The molecule has 1 aromatic carbocycles. The number of halogens is 3. The Labute approximate surface area is 141 Å². The van der Waals surface area contributed by atoms with Crippen LogP contribution in [-0.2, 0) is 4.79 Å². The van der Waals surface area contributed by atoms with Crippen LogP contribution in [0.4, 0.5) is 0 Å². The van der Waals surface area contributed by atoms with Crippen LogP contribution >= 0.6 is 45.8 Å². The maximum atomic E-state index is 12.2. The zero-order valence-electron chi connectivity index (χ0n) is 10.9. The van der Waals surface area contributed by atoms with E-state index in [0.29, 0.717) is 20.0 Å². The van der Waals surface area contributed by atoms with E-state index in [4.69, 9.17) is 23.2 Å². The molecular weight excluding hydrogens is 416 g/mol. The first kappa shape index (κ1) is 17.5. The van der Waals surface area contributed by atoms with Crippen molar-refractivity contribution >= 4 is 57.7 Å². The fourth-order valence-electron chi connectivity index (χ4n) is 1.62. The van der Waals surface area contributed by atoms with Crippen LogP contribution in [0.2, 0.25) is 10.0 Å². The van der Waals surface area contributed by atoms with Crippen LogP contribution in [0.3, 0.4) is 0 Å². The second-order valence-corrected chi connectivity index (χ2v) is 6.35. The van der Waals surface area contributed by atoms with Gasteiger partial charge in [0.1, 0.15) is 6.04 Å². The normalized spacial score (nSPS) is 13.7. The van der Waals surface area contributed by atoms with Gasteiger partial charge in [0, 0.05) is 8.59 Å². The molecule has 0 unspecified atom stereocenters. The summed E-state index contributed by atoms with van der Waals surface area (Å²) in [7, 11) is 0. The largest absolute Gasteiger partial charge is 0.480 e. The van der Waals surface area contributed by atoms with Crippen LogP contribution in [-0.4, -0.2) is 23.0 Å². The summed E-state index contributed by atoms with van der Waals surface area (Å²) in [6, 6.07) is 2.06. The van der Waals surface area contributed by atoms with Gasteiger partial charge in [-0.1, -0.05) is 43.5 Å². The SMILES string of the molecule is CC[C@H](C)[C@H](NC(=O)c1cc(Cl)cc(Cl)c1I)C(=O)O. The molecule has 0 spiro atoms. The monoisotopic (exact) mass is 429 g/mol. The summed E-state index contributed by atoms with van der Waals surface area (Å²) in [4.78, 5) is 23.4. The molecule has 0 saturated heterocycles. The molecule has 0 radical (unpaired) electrons. The lowest BCUT2D eigenvalue weighted by molar-refractivity contribution is -0.140. The van der Waals surface area contributed by atoms with E-state index in [1.165, 1.54) is 12.1 Å². The molecule has 1 amide bonds. The van der Waals surface area contributed by atoms with E-state index in [2.05, 4.69) is 5.32 Å². The highest BCUT2D eigenvalue weighted by molar-refractivity contribution is 14.1. The van der Waals surface area contributed by atoms with Gasteiger partial charge in [0.15, 0.2) is 0 Å². The van der Waals surface area contributed by atoms with Gasteiger partial charge in [-0.25, -0.2) is 4.79 Å². The third-order valence-corrected chi connectivity index (χ3v) is 5.00. The Morgan fingerprint density at radius 1 is 1.40 bits per heavy atom. The first-order valence-corrected chi connectivity index (χ1v) is 7.79. The molecule has 1 aromatic rings. The van der Waals surface area contributed by atoms with E-state index in [0.717, 1.165) is 0 Å². The van der Waals surface area contributed by atoms with Crippen molar-refractivity contribution in [2.45, 2.75) is 26.3 Å². The average Bonchev–Trinajstić information content (AvgIpc) is 2.38. The molecule has 2 N–H and O–H groups in total. The standard InChI is InChI=1S/C13H14Cl2INO3/c1-3-6(2)11(13(19)20)17-12(18)8-4-7(14)5-9(15)10(8)16/h4-6,11H,3H2,1-2H3,(H,17,18)(H,19,20)/t6-,11-/m0/s1. The first-order valence-electron chi connectivity index (χ1n) is 5.96. The maximum absolute atomic E-state index is 12.2. The van der Waals surface area contributed by atoms with Crippen molar-refractivity contribution in [3.63, 3.8) is 0 Å². The Morgan fingerprint density at radius 3 is 2.50 bits per heavy atom. The number of hydrogen-bond donors (Lipinski definition) is 2. The molecule has 0 aliphatic heterocycles. The van der Waals surface area contributed by atoms with Crippen molar-refractivity contribution in [3.8, 4) is 0 Å². The fourth-order valence-corrected chi connectivity index (χ4v) is 2.67. The van der Waals surface area contributed by atoms with E-state index < -0.39 is 17.9 Å². The summed E-state index contributed by atoms with van der Waals surface area (Å²) in [5.41, 5.74) is 0.276. The number of amides is 1. The van der Waals surface area contributed by atoms with Gasteiger partial charge in [-0.15, -0.1) is 0 Å². The summed E-state index contributed by atoms with van der Waals surface area (Å²) in [5, 5.41) is 12.4. The quantitative estimate of drug-likeness (QED) is 0.552. The number of benzene rings is 1. The van der Waals surface area contributed by atoms with Gasteiger partial charge in [0.25, 0.3) is 5.91 Å². The Bertz CT molecular complexity index is 537. The Kier molecular flexibility index (Phi) is 6.54. The third kappa shape index (κ3) is 4.23. The number of hydrogen-bond acceptors (Lipinski definition) is 2. The zero-order valence-corrected chi connectivity index (χ0v) is 14.6. The summed E-state index contributed by atoms with van der Waals surface area (Å²) in [6.07, 6.45) is 0.643. The molecule has 0 aromatic heterocycles. The minimum atomic E-state index is -1.06. The molecular formula is C13H14Cl2INO3. The van der Waals surface area contributed by atoms with E-state index >= 15 is 0 Å². The fraction of sp³-hybridized carbons (Fsp3) is 0.385. The predicted octanol–water partition coefficient (Wildman–Crippen LogP) is 3.83. The smallest absolute Gasteiger partial charge is 0.326 e. The topological polar surface area (TPSA) is 66.4 Å². The Morgan fingerprint density at radius 2 is 2.00 bits per heavy atom. The number of carbonyl (C=O) groups is 2. The van der Waals surface area contributed by atoms with Gasteiger partial charge in [-0.3, -0.25) is 4.79 Å². The van der Waals surface area contributed by atoms with Gasteiger partial charge >= 0.3 is 5.97 Å². The van der Waals surface area contributed by atoms with Gasteiger partial charge in [-0.2, -0.15) is 0 Å². The summed E-state index contributed by atoms with van der Waals surface area (Å²) in [5.74, 6) is -1.73. The molecule has 0 heterocycles. The predicted molar refractivity (Wildman–Crippen MR) is 87.5 cm³/mol. The minimum absolute atomic E-state index is 0.177. The lowest BCUT2D eigenvalue weighted by Crippen LogP contribution is -2.45. The second-order valence-electron chi connectivity index (χ2n) is 4.42. The number of carbonyl (C=O) groups excluding carboxylic acids is 1. The molecule has 2 atom stereocenters. The van der Waals surface area contributed by atoms with Crippen molar-refractivity contribution in [1.29, 1.82) is 0 Å². The van der Waals surface area contributed by atoms with Crippen LogP contribution in [0.15, 0.2) is 12.1 Å². The third-order valence-electron chi connectivity index (χ3n) is 3.00. The molecule has 7 heteroatoms. The zero-order chi connectivity index (χ0) is 15.4. The number of aliphatic carboxylic acids is 1. The summed E-state index contributed by atoms with van der Waals surface area (Å²) >= 11 is 13.8. The molecule has 4 nitrogen and oxygen atoms in total. The second kappa shape index (κ2) is 7.47. The molecule has 0 bridgehead atoms. The van der Waals surface area contributed by atoms with E-state index in [1.54, 1.807) is 6.92 Å². The Balaban J connectivity index is 3.04. The maximum Gasteiger partial charge on any atom is 0.326 e. The molecule has 0 aliphatic rings. The first-order chi connectivity index (χ1) is 9.27. The van der Waals surface area contributed by atoms with Crippen LogP contribution in [0.1, 0.15) is 30.6 Å². The highest BCUT2D eigenvalue weighted by atomic mass is 127. The molecule has 20 heavy (non-hydrogen) atoms. The van der Waals surface area contributed by atoms with E-state index in [-0.39, 0.29) is 11.5 Å². The molecule has 1 rings (SSSR count). The van der Waals surface area contributed by atoms with Crippen LogP contribution in [0.5, 0.6) is 0 Å². The van der Waals surface area contributed by atoms with Gasteiger partial charge < -0.3 is 10.4 Å².